The van der Waals surface area contributed by atoms with E-state index in [1.165, 1.54) is 0 Å². The SMILES string of the molecule is CCCCOC(=O)c1ccc2c(=O)n3c(nc2c1)CCC3. The summed E-state index contributed by atoms with van der Waals surface area (Å²) in [6, 6.07) is 4.97. The molecule has 0 saturated carbocycles. The van der Waals surface area contributed by atoms with Crippen LogP contribution in [0.4, 0.5) is 0 Å². The summed E-state index contributed by atoms with van der Waals surface area (Å²) in [6.07, 6.45) is 3.60. The highest BCUT2D eigenvalue weighted by Gasteiger charge is 2.17. The van der Waals surface area contributed by atoms with Gasteiger partial charge in [-0.15, -0.1) is 0 Å². The molecule has 3 rings (SSSR count). The van der Waals surface area contributed by atoms with Gasteiger partial charge in [-0.1, -0.05) is 13.3 Å². The number of benzene rings is 1. The van der Waals surface area contributed by atoms with Crippen LogP contribution in [0.2, 0.25) is 0 Å². The third-order valence-electron chi connectivity index (χ3n) is 3.78. The maximum absolute atomic E-state index is 12.3. The van der Waals surface area contributed by atoms with E-state index in [9.17, 15) is 9.59 Å². The number of aromatic nitrogens is 2. The summed E-state index contributed by atoms with van der Waals surface area (Å²) in [5.41, 5.74) is 1.02. The van der Waals surface area contributed by atoms with Crippen LogP contribution in [0.15, 0.2) is 23.0 Å². The lowest BCUT2D eigenvalue weighted by Crippen LogP contribution is -2.21. The second-order valence-corrected chi connectivity index (χ2v) is 5.31. The highest BCUT2D eigenvalue weighted by molar-refractivity contribution is 5.94. The van der Waals surface area contributed by atoms with Crippen LogP contribution in [0.5, 0.6) is 0 Å². The summed E-state index contributed by atoms with van der Waals surface area (Å²) in [6.45, 7) is 3.20. The maximum Gasteiger partial charge on any atom is 0.338 e. The molecule has 5 nitrogen and oxygen atoms in total. The number of hydrogen-bond acceptors (Lipinski definition) is 4. The Hall–Kier alpha value is -2.17. The molecule has 1 aliphatic rings. The Labute approximate surface area is 122 Å². The van der Waals surface area contributed by atoms with Gasteiger partial charge in [0.15, 0.2) is 0 Å². The van der Waals surface area contributed by atoms with Gasteiger partial charge in [-0.05, 0) is 31.0 Å². The van der Waals surface area contributed by atoms with E-state index in [-0.39, 0.29) is 11.5 Å². The van der Waals surface area contributed by atoms with Crippen molar-refractivity contribution in [2.75, 3.05) is 6.61 Å². The van der Waals surface area contributed by atoms with Crippen LogP contribution in [-0.2, 0) is 17.7 Å². The molecule has 21 heavy (non-hydrogen) atoms. The highest BCUT2D eigenvalue weighted by atomic mass is 16.5. The average Bonchev–Trinajstić information content (AvgIpc) is 2.95. The van der Waals surface area contributed by atoms with E-state index in [1.807, 2.05) is 6.92 Å². The number of esters is 1. The minimum absolute atomic E-state index is 0.0154. The Kier molecular flexibility index (Phi) is 3.73. The van der Waals surface area contributed by atoms with Crippen molar-refractivity contribution in [2.24, 2.45) is 0 Å². The van der Waals surface area contributed by atoms with Gasteiger partial charge < -0.3 is 4.74 Å². The van der Waals surface area contributed by atoms with Gasteiger partial charge in [0.05, 0.1) is 23.1 Å². The molecular weight excluding hydrogens is 268 g/mol. The van der Waals surface area contributed by atoms with E-state index in [1.54, 1.807) is 22.8 Å². The van der Waals surface area contributed by atoms with Gasteiger partial charge in [0.25, 0.3) is 5.56 Å². The summed E-state index contributed by atoms with van der Waals surface area (Å²) in [4.78, 5) is 28.8. The zero-order valence-electron chi connectivity index (χ0n) is 12.1. The smallest absolute Gasteiger partial charge is 0.338 e. The van der Waals surface area contributed by atoms with Crippen LogP contribution in [-0.4, -0.2) is 22.1 Å². The first-order valence-corrected chi connectivity index (χ1v) is 7.41. The van der Waals surface area contributed by atoms with Crippen molar-refractivity contribution in [3.8, 4) is 0 Å². The molecule has 0 bridgehead atoms. The minimum Gasteiger partial charge on any atom is -0.462 e. The predicted octanol–water partition coefficient (Wildman–Crippen LogP) is 2.30. The number of aryl methyl sites for hydroxylation is 1. The number of rotatable bonds is 4. The number of carbonyl (C=O) groups is 1. The van der Waals surface area contributed by atoms with Gasteiger partial charge in [-0.25, -0.2) is 9.78 Å². The molecule has 110 valence electrons. The highest BCUT2D eigenvalue weighted by Crippen LogP contribution is 2.16. The molecule has 5 heteroatoms. The van der Waals surface area contributed by atoms with Crippen LogP contribution in [0.3, 0.4) is 0 Å². The standard InChI is InChI=1S/C16H18N2O3/c1-2-3-9-21-16(20)11-6-7-12-13(10-11)17-14-5-4-8-18(14)15(12)19/h6-7,10H,2-5,8-9H2,1H3. The molecule has 0 spiro atoms. The lowest BCUT2D eigenvalue weighted by molar-refractivity contribution is 0.0500. The quantitative estimate of drug-likeness (QED) is 0.639. The molecule has 0 aliphatic carbocycles. The topological polar surface area (TPSA) is 61.2 Å². The first kappa shape index (κ1) is 13.8. The van der Waals surface area contributed by atoms with Crippen molar-refractivity contribution >= 4 is 16.9 Å². The van der Waals surface area contributed by atoms with Crippen molar-refractivity contribution in [1.82, 2.24) is 9.55 Å². The molecule has 0 fully saturated rings. The van der Waals surface area contributed by atoms with Crippen molar-refractivity contribution in [1.29, 1.82) is 0 Å². The zero-order valence-corrected chi connectivity index (χ0v) is 12.1. The number of fused-ring (bicyclic) bond motifs is 2. The van der Waals surface area contributed by atoms with Crippen LogP contribution in [0, 0.1) is 0 Å². The van der Waals surface area contributed by atoms with Crippen molar-refractivity contribution in [3.05, 3.63) is 39.9 Å². The first-order chi connectivity index (χ1) is 10.2. The van der Waals surface area contributed by atoms with E-state index in [0.717, 1.165) is 38.1 Å². The van der Waals surface area contributed by atoms with Crippen LogP contribution < -0.4 is 5.56 Å². The molecule has 1 aromatic carbocycles. The Morgan fingerprint density at radius 3 is 3.10 bits per heavy atom. The predicted molar refractivity (Wildman–Crippen MR) is 79.5 cm³/mol. The summed E-state index contributed by atoms with van der Waals surface area (Å²) in [5, 5.41) is 0.561. The fourth-order valence-electron chi connectivity index (χ4n) is 2.60. The zero-order chi connectivity index (χ0) is 14.8. The van der Waals surface area contributed by atoms with Crippen molar-refractivity contribution < 1.29 is 9.53 Å². The fourth-order valence-corrected chi connectivity index (χ4v) is 2.60. The Morgan fingerprint density at radius 1 is 1.43 bits per heavy atom. The van der Waals surface area contributed by atoms with Crippen LogP contribution >= 0.6 is 0 Å². The van der Waals surface area contributed by atoms with E-state index in [2.05, 4.69) is 4.98 Å². The molecule has 1 aliphatic heterocycles. The lowest BCUT2D eigenvalue weighted by Gasteiger charge is -2.07. The molecule has 0 radical (unpaired) electrons. The first-order valence-electron chi connectivity index (χ1n) is 7.41. The van der Waals surface area contributed by atoms with E-state index < -0.39 is 0 Å². The van der Waals surface area contributed by atoms with Gasteiger partial charge in [0.1, 0.15) is 5.82 Å². The molecule has 2 aromatic rings. The van der Waals surface area contributed by atoms with Crippen molar-refractivity contribution in [3.63, 3.8) is 0 Å². The van der Waals surface area contributed by atoms with Gasteiger partial charge >= 0.3 is 5.97 Å². The largest absolute Gasteiger partial charge is 0.462 e. The summed E-state index contributed by atoms with van der Waals surface area (Å²) < 4.78 is 6.91. The van der Waals surface area contributed by atoms with Gasteiger partial charge in [-0.2, -0.15) is 0 Å². The molecule has 1 aromatic heterocycles. The van der Waals surface area contributed by atoms with Gasteiger partial charge in [0, 0.05) is 13.0 Å². The Balaban J connectivity index is 1.95. The summed E-state index contributed by atoms with van der Waals surface area (Å²) in [7, 11) is 0. The van der Waals surface area contributed by atoms with Crippen molar-refractivity contribution in [2.45, 2.75) is 39.2 Å². The number of ether oxygens (including phenoxy) is 1. The van der Waals surface area contributed by atoms with Gasteiger partial charge in [0.2, 0.25) is 0 Å². The van der Waals surface area contributed by atoms with Crippen LogP contribution in [0.25, 0.3) is 10.9 Å². The lowest BCUT2D eigenvalue weighted by atomic mass is 10.1. The van der Waals surface area contributed by atoms with E-state index in [4.69, 9.17) is 4.74 Å². The van der Waals surface area contributed by atoms with Gasteiger partial charge in [-0.3, -0.25) is 9.36 Å². The number of nitrogens with zero attached hydrogens (tertiary/aromatic N) is 2. The average molecular weight is 286 g/mol. The maximum atomic E-state index is 12.3. The third-order valence-corrected chi connectivity index (χ3v) is 3.78. The number of carbonyl (C=O) groups excluding carboxylic acids is 1. The molecule has 0 saturated heterocycles. The van der Waals surface area contributed by atoms with Crippen LogP contribution in [0.1, 0.15) is 42.4 Å². The molecule has 0 N–H and O–H groups in total. The second-order valence-electron chi connectivity index (χ2n) is 5.31. The second kappa shape index (κ2) is 5.68. The number of hydrogen-bond donors (Lipinski definition) is 0. The van der Waals surface area contributed by atoms with E-state index >= 15 is 0 Å². The number of unbranched alkanes of at least 4 members (excludes halogenated alkanes) is 1. The summed E-state index contributed by atoms with van der Waals surface area (Å²) in [5.74, 6) is 0.455. The normalized spacial score (nSPS) is 13.4. The molecule has 2 heterocycles. The third kappa shape index (κ3) is 2.55. The molecular formula is C16H18N2O3. The monoisotopic (exact) mass is 286 g/mol. The van der Waals surface area contributed by atoms with E-state index in [0.29, 0.717) is 23.1 Å². The minimum atomic E-state index is -0.354. The fraction of sp³-hybridized carbons (Fsp3) is 0.438. The molecule has 0 amide bonds. The molecule has 0 unspecified atom stereocenters. The summed E-state index contributed by atoms with van der Waals surface area (Å²) >= 11 is 0. The molecule has 0 atom stereocenters. The Morgan fingerprint density at radius 2 is 2.29 bits per heavy atom. The Bertz CT molecular complexity index is 749.